The highest BCUT2D eigenvalue weighted by molar-refractivity contribution is 7.99. The summed E-state index contributed by atoms with van der Waals surface area (Å²) in [5.74, 6) is 2.32. The maximum Gasteiger partial charge on any atom is 0.0591 e. The molecule has 0 spiro atoms. The minimum Gasteiger partial charge on any atom is -0.379 e. The van der Waals surface area contributed by atoms with Crippen molar-refractivity contribution in [1.82, 2.24) is 5.32 Å². The zero-order valence-corrected chi connectivity index (χ0v) is 8.38. The summed E-state index contributed by atoms with van der Waals surface area (Å²) < 4.78 is 5.35. The van der Waals surface area contributed by atoms with Crippen LogP contribution >= 0.6 is 11.8 Å². The van der Waals surface area contributed by atoms with Gasteiger partial charge in [0.05, 0.1) is 13.2 Å². The largest absolute Gasteiger partial charge is 0.379 e. The SMILES string of the molecule is CCNCCOCCSCC. The van der Waals surface area contributed by atoms with Gasteiger partial charge in [0, 0.05) is 12.3 Å². The normalized spacial score (nSPS) is 10.4. The van der Waals surface area contributed by atoms with Crippen LogP contribution < -0.4 is 5.32 Å². The van der Waals surface area contributed by atoms with Gasteiger partial charge in [-0.05, 0) is 12.3 Å². The van der Waals surface area contributed by atoms with E-state index < -0.39 is 0 Å². The Balaban J connectivity index is 2.69. The Labute approximate surface area is 74.1 Å². The third-order valence-corrected chi connectivity index (χ3v) is 2.11. The minimum absolute atomic E-state index is 0.845. The zero-order chi connectivity index (χ0) is 8.36. The van der Waals surface area contributed by atoms with Crippen molar-refractivity contribution in [1.29, 1.82) is 0 Å². The Morgan fingerprint density at radius 3 is 2.73 bits per heavy atom. The molecular weight excluding hydrogens is 158 g/mol. The highest BCUT2D eigenvalue weighted by Crippen LogP contribution is 1.96. The molecule has 11 heavy (non-hydrogen) atoms. The summed E-state index contributed by atoms with van der Waals surface area (Å²) >= 11 is 1.93. The molecule has 0 fully saturated rings. The molecule has 0 bridgehead atoms. The second kappa shape index (κ2) is 10.3. The molecule has 0 radical (unpaired) electrons. The number of ether oxygens (including phenoxy) is 1. The van der Waals surface area contributed by atoms with Crippen molar-refractivity contribution in [3.8, 4) is 0 Å². The first kappa shape index (κ1) is 11.3. The molecule has 0 aromatic rings. The van der Waals surface area contributed by atoms with Crippen LogP contribution in [0.15, 0.2) is 0 Å². The second-order valence-corrected chi connectivity index (χ2v) is 3.56. The number of hydrogen-bond acceptors (Lipinski definition) is 3. The van der Waals surface area contributed by atoms with Gasteiger partial charge in [0.1, 0.15) is 0 Å². The first-order valence-electron chi connectivity index (χ1n) is 4.28. The molecule has 0 aromatic carbocycles. The van der Waals surface area contributed by atoms with E-state index >= 15 is 0 Å². The summed E-state index contributed by atoms with van der Waals surface area (Å²) in [5, 5.41) is 3.21. The number of hydrogen-bond donors (Lipinski definition) is 1. The van der Waals surface area contributed by atoms with Crippen LogP contribution in [0.5, 0.6) is 0 Å². The van der Waals surface area contributed by atoms with Gasteiger partial charge >= 0.3 is 0 Å². The molecule has 0 aliphatic rings. The lowest BCUT2D eigenvalue weighted by Crippen LogP contribution is -2.19. The van der Waals surface area contributed by atoms with E-state index in [0.29, 0.717) is 0 Å². The van der Waals surface area contributed by atoms with Gasteiger partial charge in [0.2, 0.25) is 0 Å². The third-order valence-electron chi connectivity index (χ3n) is 1.25. The molecule has 0 atom stereocenters. The molecule has 3 heteroatoms. The molecule has 0 heterocycles. The van der Waals surface area contributed by atoms with Gasteiger partial charge in [0.15, 0.2) is 0 Å². The van der Waals surface area contributed by atoms with Crippen LogP contribution in [-0.2, 0) is 4.74 Å². The van der Waals surface area contributed by atoms with E-state index in [4.69, 9.17) is 4.74 Å². The molecule has 68 valence electrons. The first-order valence-corrected chi connectivity index (χ1v) is 5.43. The molecule has 0 aromatic heterocycles. The van der Waals surface area contributed by atoms with Crippen LogP contribution in [0.4, 0.5) is 0 Å². The van der Waals surface area contributed by atoms with Crippen LogP contribution in [0.1, 0.15) is 13.8 Å². The molecule has 0 saturated heterocycles. The van der Waals surface area contributed by atoms with E-state index in [0.717, 1.165) is 32.1 Å². The number of thioether (sulfide) groups is 1. The molecule has 2 nitrogen and oxygen atoms in total. The fraction of sp³-hybridized carbons (Fsp3) is 1.00. The van der Waals surface area contributed by atoms with Gasteiger partial charge in [-0.15, -0.1) is 0 Å². The van der Waals surface area contributed by atoms with Gasteiger partial charge in [-0.2, -0.15) is 11.8 Å². The fourth-order valence-electron chi connectivity index (χ4n) is 0.685. The lowest BCUT2D eigenvalue weighted by molar-refractivity contribution is 0.152. The predicted octanol–water partition coefficient (Wildman–Crippen LogP) is 1.37. The number of likely N-dealkylation sites (N-methyl/N-ethyl adjacent to an activating group) is 1. The lowest BCUT2D eigenvalue weighted by Gasteiger charge is -2.03. The zero-order valence-electron chi connectivity index (χ0n) is 7.56. The van der Waals surface area contributed by atoms with Crippen LogP contribution in [0, 0.1) is 0 Å². The monoisotopic (exact) mass is 177 g/mol. The minimum atomic E-state index is 0.845. The third kappa shape index (κ3) is 10.3. The summed E-state index contributed by atoms with van der Waals surface area (Å²) in [5.41, 5.74) is 0. The van der Waals surface area contributed by atoms with Crippen molar-refractivity contribution in [2.45, 2.75) is 13.8 Å². The number of nitrogens with one attached hydrogen (secondary N) is 1. The molecule has 0 aliphatic carbocycles. The van der Waals surface area contributed by atoms with Crippen molar-refractivity contribution in [3.05, 3.63) is 0 Å². The van der Waals surface area contributed by atoms with Gasteiger partial charge in [-0.1, -0.05) is 13.8 Å². The highest BCUT2D eigenvalue weighted by atomic mass is 32.2. The van der Waals surface area contributed by atoms with E-state index in [1.165, 1.54) is 5.75 Å². The quantitative estimate of drug-likeness (QED) is 0.566. The van der Waals surface area contributed by atoms with E-state index in [1.807, 2.05) is 11.8 Å². The molecule has 0 saturated carbocycles. The van der Waals surface area contributed by atoms with Crippen molar-refractivity contribution in [2.75, 3.05) is 37.8 Å². The van der Waals surface area contributed by atoms with Crippen molar-refractivity contribution in [3.63, 3.8) is 0 Å². The predicted molar refractivity (Wildman–Crippen MR) is 52.4 cm³/mol. The maximum absolute atomic E-state index is 5.35. The van der Waals surface area contributed by atoms with Gasteiger partial charge in [0.25, 0.3) is 0 Å². The molecule has 0 unspecified atom stereocenters. The Bertz CT molecular complexity index is 63.1. The van der Waals surface area contributed by atoms with Gasteiger partial charge in [-0.3, -0.25) is 0 Å². The van der Waals surface area contributed by atoms with Gasteiger partial charge < -0.3 is 10.1 Å². The van der Waals surface area contributed by atoms with E-state index in [2.05, 4.69) is 19.2 Å². The Morgan fingerprint density at radius 1 is 1.27 bits per heavy atom. The Kier molecular flexibility index (Phi) is 10.5. The summed E-state index contributed by atoms with van der Waals surface area (Å²) in [6.45, 7) is 8.03. The molecular formula is C8H19NOS. The summed E-state index contributed by atoms with van der Waals surface area (Å²) in [6, 6.07) is 0. The Hall–Kier alpha value is 0.270. The summed E-state index contributed by atoms with van der Waals surface area (Å²) in [4.78, 5) is 0. The first-order chi connectivity index (χ1) is 5.41. The second-order valence-electron chi connectivity index (χ2n) is 2.16. The average molecular weight is 177 g/mol. The smallest absolute Gasteiger partial charge is 0.0591 e. The van der Waals surface area contributed by atoms with Crippen molar-refractivity contribution < 1.29 is 4.74 Å². The topological polar surface area (TPSA) is 21.3 Å². The average Bonchev–Trinajstić information content (AvgIpc) is 2.03. The molecule has 0 rings (SSSR count). The fourth-order valence-corrected chi connectivity index (χ4v) is 1.21. The maximum atomic E-state index is 5.35. The van der Waals surface area contributed by atoms with E-state index in [-0.39, 0.29) is 0 Å². The summed E-state index contributed by atoms with van der Waals surface area (Å²) in [6.07, 6.45) is 0. The Morgan fingerprint density at radius 2 is 2.09 bits per heavy atom. The van der Waals surface area contributed by atoms with Crippen LogP contribution in [0.3, 0.4) is 0 Å². The highest BCUT2D eigenvalue weighted by Gasteiger charge is 1.87. The van der Waals surface area contributed by atoms with Crippen molar-refractivity contribution >= 4 is 11.8 Å². The van der Waals surface area contributed by atoms with Crippen LogP contribution in [0.2, 0.25) is 0 Å². The lowest BCUT2D eigenvalue weighted by atomic mass is 10.6. The standard InChI is InChI=1S/C8H19NOS/c1-3-9-5-6-10-7-8-11-4-2/h9H,3-8H2,1-2H3. The number of rotatable bonds is 8. The van der Waals surface area contributed by atoms with E-state index in [9.17, 15) is 0 Å². The summed E-state index contributed by atoms with van der Waals surface area (Å²) in [7, 11) is 0. The molecule has 0 amide bonds. The molecule has 1 N–H and O–H groups in total. The van der Waals surface area contributed by atoms with E-state index in [1.54, 1.807) is 0 Å². The van der Waals surface area contributed by atoms with Crippen molar-refractivity contribution in [2.24, 2.45) is 0 Å². The van der Waals surface area contributed by atoms with Gasteiger partial charge in [-0.25, -0.2) is 0 Å². The van der Waals surface area contributed by atoms with Crippen LogP contribution in [-0.4, -0.2) is 37.8 Å². The molecule has 0 aliphatic heterocycles. The van der Waals surface area contributed by atoms with Crippen LogP contribution in [0.25, 0.3) is 0 Å².